The highest BCUT2D eigenvalue weighted by Gasteiger charge is 2.17. The van der Waals surface area contributed by atoms with Crippen LogP contribution in [-0.4, -0.2) is 10.8 Å². The summed E-state index contributed by atoms with van der Waals surface area (Å²) in [4.78, 5) is 16.0. The number of hydrogen-bond donors (Lipinski definition) is 2. The number of aryl methyl sites for hydroxylation is 2. The normalized spacial score (nSPS) is 11.0. The number of aromatic nitrogens is 1. The predicted molar refractivity (Wildman–Crippen MR) is 86.7 cm³/mol. The third kappa shape index (κ3) is 2.21. The van der Waals surface area contributed by atoms with Crippen LogP contribution in [0, 0.1) is 6.92 Å². The Morgan fingerprint density at radius 3 is 2.76 bits per heavy atom. The Hall–Kier alpha value is -2.55. The maximum Gasteiger partial charge on any atom is 0.197 e. The van der Waals surface area contributed by atoms with Crippen molar-refractivity contribution >= 4 is 22.4 Å². The van der Waals surface area contributed by atoms with Crippen LogP contribution in [0.1, 0.15) is 34.0 Å². The van der Waals surface area contributed by atoms with Gasteiger partial charge in [0.05, 0.1) is 0 Å². The summed E-state index contributed by atoms with van der Waals surface area (Å²) in [5.74, 6) is -0.0318. The molecule has 3 N–H and O–H groups in total. The van der Waals surface area contributed by atoms with Crippen LogP contribution in [0.15, 0.2) is 42.6 Å². The number of nitrogen functional groups attached to an aromatic ring is 1. The van der Waals surface area contributed by atoms with E-state index in [1.165, 1.54) is 5.56 Å². The molecule has 0 amide bonds. The topological polar surface area (TPSA) is 58.9 Å². The first-order chi connectivity index (χ1) is 10.1. The molecule has 0 atom stereocenters. The number of aromatic amines is 1. The fraction of sp³-hybridized carbons (Fsp3) is 0.167. The molecule has 1 aromatic heterocycles. The first-order valence-electron chi connectivity index (χ1n) is 7.11. The van der Waals surface area contributed by atoms with Crippen LogP contribution in [0.25, 0.3) is 10.9 Å². The molecule has 0 saturated heterocycles. The number of carbonyl (C=O) groups excluding carboxylic acids is 1. The van der Waals surface area contributed by atoms with Gasteiger partial charge in [-0.25, -0.2) is 0 Å². The molecule has 0 bridgehead atoms. The maximum absolute atomic E-state index is 12.8. The number of nitrogens with one attached hydrogen (secondary N) is 1. The summed E-state index contributed by atoms with van der Waals surface area (Å²) in [7, 11) is 0. The molecule has 0 radical (unpaired) electrons. The number of carbonyl (C=O) groups is 1. The van der Waals surface area contributed by atoms with Gasteiger partial charge in [0.2, 0.25) is 0 Å². The van der Waals surface area contributed by atoms with E-state index in [0.717, 1.165) is 22.9 Å². The Kier molecular flexibility index (Phi) is 3.26. The molecule has 2 aromatic carbocycles. The van der Waals surface area contributed by atoms with Crippen LogP contribution in [0.2, 0.25) is 0 Å². The lowest BCUT2D eigenvalue weighted by molar-refractivity contribution is 0.104. The summed E-state index contributed by atoms with van der Waals surface area (Å²) in [6, 6.07) is 11.6. The highest BCUT2D eigenvalue weighted by Crippen LogP contribution is 2.26. The molecule has 0 aliphatic heterocycles. The largest absolute Gasteiger partial charge is 0.398 e. The van der Waals surface area contributed by atoms with Crippen molar-refractivity contribution in [2.45, 2.75) is 20.3 Å². The molecule has 0 saturated carbocycles. The minimum absolute atomic E-state index is 0.0318. The third-order valence-corrected chi connectivity index (χ3v) is 3.88. The second-order valence-corrected chi connectivity index (χ2v) is 5.32. The molecule has 3 nitrogen and oxygen atoms in total. The van der Waals surface area contributed by atoms with E-state index in [-0.39, 0.29) is 5.78 Å². The summed E-state index contributed by atoms with van der Waals surface area (Å²) in [6.07, 6.45) is 2.71. The lowest BCUT2D eigenvalue weighted by Crippen LogP contribution is -2.05. The first-order valence-corrected chi connectivity index (χ1v) is 7.11. The van der Waals surface area contributed by atoms with Crippen molar-refractivity contribution in [2.24, 2.45) is 0 Å². The Labute approximate surface area is 123 Å². The van der Waals surface area contributed by atoms with E-state index in [1.54, 1.807) is 12.3 Å². The zero-order chi connectivity index (χ0) is 15.0. The fourth-order valence-electron chi connectivity index (χ4n) is 2.71. The number of nitrogens with two attached hydrogens (primary N) is 1. The average molecular weight is 278 g/mol. The van der Waals surface area contributed by atoms with Gasteiger partial charge in [0.25, 0.3) is 0 Å². The van der Waals surface area contributed by atoms with Crippen LogP contribution in [0.5, 0.6) is 0 Å². The second kappa shape index (κ2) is 5.09. The van der Waals surface area contributed by atoms with Gasteiger partial charge in [-0.1, -0.05) is 36.8 Å². The van der Waals surface area contributed by atoms with Gasteiger partial charge in [0.1, 0.15) is 0 Å². The van der Waals surface area contributed by atoms with Crippen molar-refractivity contribution in [1.82, 2.24) is 4.98 Å². The minimum atomic E-state index is -0.0318. The SMILES string of the molecule is CCc1cccc2c(C(=O)c3cc(C)ccc3N)c[nH]c12. The molecule has 21 heavy (non-hydrogen) atoms. The summed E-state index contributed by atoms with van der Waals surface area (Å²) in [6.45, 7) is 4.07. The van der Waals surface area contributed by atoms with Crippen molar-refractivity contribution in [2.75, 3.05) is 5.73 Å². The zero-order valence-corrected chi connectivity index (χ0v) is 12.2. The second-order valence-electron chi connectivity index (χ2n) is 5.32. The van der Waals surface area contributed by atoms with Crippen molar-refractivity contribution in [3.05, 3.63) is 64.8 Å². The van der Waals surface area contributed by atoms with E-state index >= 15 is 0 Å². The number of fused-ring (bicyclic) bond motifs is 1. The highest BCUT2D eigenvalue weighted by atomic mass is 16.1. The van der Waals surface area contributed by atoms with E-state index < -0.39 is 0 Å². The van der Waals surface area contributed by atoms with Crippen LogP contribution in [0.4, 0.5) is 5.69 Å². The molecule has 0 unspecified atom stereocenters. The van der Waals surface area contributed by atoms with Crippen LogP contribution >= 0.6 is 0 Å². The van der Waals surface area contributed by atoms with Gasteiger partial charge in [-0.3, -0.25) is 4.79 Å². The Morgan fingerprint density at radius 1 is 1.19 bits per heavy atom. The Bertz CT molecular complexity index is 830. The summed E-state index contributed by atoms with van der Waals surface area (Å²) < 4.78 is 0. The van der Waals surface area contributed by atoms with E-state index in [2.05, 4.69) is 18.0 Å². The molecule has 3 rings (SSSR count). The van der Waals surface area contributed by atoms with E-state index in [1.807, 2.05) is 31.2 Å². The number of hydrogen-bond acceptors (Lipinski definition) is 2. The fourth-order valence-corrected chi connectivity index (χ4v) is 2.71. The highest BCUT2D eigenvalue weighted by molar-refractivity contribution is 6.18. The van der Waals surface area contributed by atoms with E-state index in [4.69, 9.17) is 5.73 Å². The molecule has 0 fully saturated rings. The summed E-state index contributed by atoms with van der Waals surface area (Å²) in [5, 5.41) is 0.959. The quantitative estimate of drug-likeness (QED) is 0.564. The number of H-pyrrole nitrogens is 1. The molecule has 0 aliphatic carbocycles. The van der Waals surface area contributed by atoms with Crippen LogP contribution in [-0.2, 0) is 6.42 Å². The molecule has 0 aliphatic rings. The van der Waals surface area contributed by atoms with Crippen molar-refractivity contribution in [3.8, 4) is 0 Å². The number of para-hydroxylation sites is 1. The number of ketones is 1. The van der Waals surface area contributed by atoms with Gasteiger partial charge in [-0.2, -0.15) is 0 Å². The number of rotatable bonds is 3. The molecular weight excluding hydrogens is 260 g/mol. The number of benzene rings is 2. The van der Waals surface area contributed by atoms with Gasteiger partial charge in [0.15, 0.2) is 5.78 Å². The average Bonchev–Trinajstić information content (AvgIpc) is 2.93. The molecule has 0 spiro atoms. The van der Waals surface area contributed by atoms with Gasteiger partial charge in [-0.15, -0.1) is 0 Å². The summed E-state index contributed by atoms with van der Waals surface area (Å²) in [5.41, 5.74) is 11.0. The first kappa shape index (κ1) is 13.4. The van der Waals surface area contributed by atoms with Gasteiger partial charge in [-0.05, 0) is 31.0 Å². The zero-order valence-electron chi connectivity index (χ0n) is 12.2. The minimum Gasteiger partial charge on any atom is -0.398 e. The smallest absolute Gasteiger partial charge is 0.197 e. The van der Waals surface area contributed by atoms with Crippen molar-refractivity contribution < 1.29 is 4.79 Å². The van der Waals surface area contributed by atoms with E-state index in [0.29, 0.717) is 16.8 Å². The Morgan fingerprint density at radius 2 is 2.00 bits per heavy atom. The van der Waals surface area contributed by atoms with Gasteiger partial charge >= 0.3 is 0 Å². The van der Waals surface area contributed by atoms with Crippen molar-refractivity contribution in [3.63, 3.8) is 0 Å². The Balaban J connectivity index is 2.16. The van der Waals surface area contributed by atoms with Gasteiger partial charge in [0, 0.05) is 33.9 Å². The third-order valence-electron chi connectivity index (χ3n) is 3.88. The maximum atomic E-state index is 12.8. The van der Waals surface area contributed by atoms with Gasteiger partial charge < -0.3 is 10.7 Å². The molecule has 3 aromatic rings. The summed E-state index contributed by atoms with van der Waals surface area (Å²) >= 11 is 0. The molecule has 1 heterocycles. The molecule has 106 valence electrons. The van der Waals surface area contributed by atoms with Crippen LogP contribution in [0.3, 0.4) is 0 Å². The standard InChI is InChI=1S/C18H18N2O/c1-3-12-5-4-6-13-15(10-20-17(12)13)18(21)14-9-11(2)7-8-16(14)19/h4-10,20H,3,19H2,1-2H3. The lowest BCUT2D eigenvalue weighted by atomic mass is 9.98. The molecule has 3 heteroatoms. The van der Waals surface area contributed by atoms with E-state index in [9.17, 15) is 4.79 Å². The predicted octanol–water partition coefficient (Wildman–Crippen LogP) is 3.85. The monoisotopic (exact) mass is 278 g/mol. The van der Waals surface area contributed by atoms with Crippen molar-refractivity contribution in [1.29, 1.82) is 0 Å². The van der Waals surface area contributed by atoms with Crippen LogP contribution < -0.4 is 5.73 Å². The lowest BCUT2D eigenvalue weighted by Gasteiger charge is -2.06. The number of anilines is 1. The molecular formula is C18H18N2O.